The van der Waals surface area contributed by atoms with Crippen LogP contribution in [0.25, 0.3) is 0 Å². The van der Waals surface area contributed by atoms with Crippen molar-refractivity contribution in [3.8, 4) is 0 Å². The number of esters is 1. The highest BCUT2D eigenvalue weighted by Crippen LogP contribution is 2.54. The Hall–Kier alpha value is -3.62. The fourth-order valence-electron chi connectivity index (χ4n) is 4.50. The van der Waals surface area contributed by atoms with Crippen LogP contribution in [0.15, 0.2) is 47.4 Å². The summed E-state index contributed by atoms with van der Waals surface area (Å²) in [6.07, 6.45) is -12.9. The second-order valence-corrected chi connectivity index (χ2v) is 11.1. The third kappa shape index (κ3) is 5.78. The topological polar surface area (TPSA) is 110 Å². The van der Waals surface area contributed by atoms with E-state index >= 15 is 0 Å². The molecule has 0 spiro atoms. The number of rotatable bonds is 7. The van der Waals surface area contributed by atoms with Crippen LogP contribution in [0.2, 0.25) is 0 Å². The number of hydrogen-bond donors (Lipinski definition) is 1. The number of carbonyl (C=O) groups is 3. The van der Waals surface area contributed by atoms with Crippen LogP contribution in [0, 0.1) is 0 Å². The molecule has 3 rings (SSSR count). The van der Waals surface area contributed by atoms with Gasteiger partial charge in [0.05, 0.1) is 17.9 Å². The molecule has 0 radical (unpaired) electrons. The van der Waals surface area contributed by atoms with E-state index < -0.39 is 70.0 Å². The van der Waals surface area contributed by atoms with Crippen molar-refractivity contribution >= 4 is 33.3 Å². The van der Waals surface area contributed by atoms with Gasteiger partial charge in [0, 0.05) is 25.4 Å². The monoisotopic (exact) mass is 594 g/mol. The maximum absolute atomic E-state index is 14.0. The Morgan fingerprint density at radius 3 is 2.05 bits per heavy atom. The van der Waals surface area contributed by atoms with E-state index in [4.69, 9.17) is 0 Å². The first-order valence-corrected chi connectivity index (χ1v) is 13.5. The van der Waals surface area contributed by atoms with Gasteiger partial charge in [0.25, 0.3) is 5.91 Å². The lowest BCUT2D eigenvalue weighted by Gasteiger charge is -2.37. The van der Waals surface area contributed by atoms with Gasteiger partial charge in [0.1, 0.15) is 6.04 Å². The zero-order valence-corrected chi connectivity index (χ0v) is 22.1. The molecule has 0 saturated heterocycles. The van der Waals surface area contributed by atoms with Gasteiger partial charge in [-0.3, -0.25) is 14.4 Å². The maximum atomic E-state index is 14.0. The Balaban J connectivity index is 1.97. The van der Waals surface area contributed by atoms with Crippen LogP contribution >= 0.6 is 0 Å². The predicted octanol–water partition coefficient (Wildman–Crippen LogP) is 4.45. The smallest absolute Gasteiger partial charge is 0.407 e. The van der Waals surface area contributed by atoms with E-state index in [2.05, 4.69) is 10.1 Å². The van der Waals surface area contributed by atoms with Gasteiger partial charge in [0.2, 0.25) is 5.91 Å². The van der Waals surface area contributed by atoms with E-state index in [1.807, 2.05) is 0 Å². The molecule has 0 aliphatic carbocycles. The fraction of sp³-hybridized carbons (Fsp3) is 0.400. The van der Waals surface area contributed by atoms with Crippen molar-refractivity contribution in [1.29, 1.82) is 0 Å². The second-order valence-electron chi connectivity index (χ2n) is 9.13. The Bertz CT molecular complexity index is 1410. The molecule has 1 N–H and O–H groups in total. The minimum atomic E-state index is -5.93. The molecule has 2 aromatic carbocycles. The lowest BCUT2D eigenvalue weighted by Crippen LogP contribution is -2.55. The van der Waals surface area contributed by atoms with Crippen molar-refractivity contribution < 1.29 is 53.9 Å². The van der Waals surface area contributed by atoms with Crippen LogP contribution in [0.3, 0.4) is 0 Å². The molecule has 1 aliphatic heterocycles. The third-order valence-electron chi connectivity index (χ3n) is 6.47. The molecule has 15 heteroatoms. The quantitative estimate of drug-likeness (QED) is 0.375. The van der Waals surface area contributed by atoms with Gasteiger partial charge in [-0.15, -0.1) is 0 Å². The predicted molar refractivity (Wildman–Crippen MR) is 129 cm³/mol. The van der Waals surface area contributed by atoms with Crippen LogP contribution in [0.4, 0.5) is 32.0 Å². The Morgan fingerprint density at radius 1 is 1.00 bits per heavy atom. The number of ether oxygens (including phenoxy) is 1. The molecule has 1 atom stereocenters. The number of amides is 2. The van der Waals surface area contributed by atoms with E-state index in [0.29, 0.717) is 23.3 Å². The number of carbonyl (C=O) groups excluding carboxylic acids is 3. The normalized spacial score (nSPS) is 15.9. The first-order valence-electron chi connectivity index (χ1n) is 11.6. The van der Waals surface area contributed by atoms with E-state index in [9.17, 15) is 49.1 Å². The molecule has 0 fully saturated rings. The molecule has 0 bridgehead atoms. The average molecular weight is 595 g/mol. The molecular formula is C25H24F6N2O6S. The van der Waals surface area contributed by atoms with Crippen molar-refractivity contribution in [1.82, 2.24) is 4.90 Å². The number of benzene rings is 2. The number of hydrogen-bond acceptors (Lipinski definition) is 6. The number of fused-ring (bicyclic) bond motifs is 1. The highest BCUT2D eigenvalue weighted by Gasteiger charge is 2.72. The van der Waals surface area contributed by atoms with Crippen molar-refractivity contribution in [2.45, 2.75) is 55.5 Å². The molecule has 218 valence electrons. The number of halogens is 6. The molecule has 1 heterocycles. The zero-order chi connectivity index (χ0) is 30.3. The van der Waals surface area contributed by atoms with Crippen LogP contribution < -0.4 is 5.32 Å². The van der Waals surface area contributed by atoms with E-state index in [1.165, 1.54) is 32.0 Å². The summed E-state index contributed by atoms with van der Waals surface area (Å²) in [7, 11) is -3.59. The van der Waals surface area contributed by atoms with Crippen molar-refractivity contribution in [3.05, 3.63) is 59.2 Å². The van der Waals surface area contributed by atoms with E-state index in [0.717, 1.165) is 23.3 Å². The number of alkyl halides is 6. The largest absolute Gasteiger partial charge is 0.466 e. The number of anilines is 1. The summed E-state index contributed by atoms with van der Waals surface area (Å²) in [6.45, 7) is 1.89. The van der Waals surface area contributed by atoms with Gasteiger partial charge in [-0.1, -0.05) is 18.2 Å². The van der Waals surface area contributed by atoms with Gasteiger partial charge in [-0.05, 0) is 47.9 Å². The first-order chi connectivity index (χ1) is 18.3. The molecule has 0 saturated carbocycles. The van der Waals surface area contributed by atoms with Crippen molar-refractivity contribution in [2.75, 3.05) is 18.2 Å². The molecule has 2 amide bonds. The Labute approximate surface area is 225 Å². The number of sulfone groups is 1. The molecule has 40 heavy (non-hydrogen) atoms. The van der Waals surface area contributed by atoms with Crippen LogP contribution in [0.1, 0.15) is 43.0 Å². The Kier molecular flexibility index (Phi) is 8.31. The minimum Gasteiger partial charge on any atom is -0.466 e. The SMILES string of the molecule is CCOC(=O)CC(c1ccc(NC(=O)C2c3ccc(S(C)(=O)=O)cc3CN2C(C)=O)cc1)(C(F)(F)F)C(F)(F)F. The lowest BCUT2D eigenvalue weighted by atomic mass is 9.76. The third-order valence-corrected chi connectivity index (χ3v) is 7.58. The summed E-state index contributed by atoms with van der Waals surface area (Å²) in [5.74, 6) is -3.07. The minimum absolute atomic E-state index is 0.0352. The first kappa shape index (κ1) is 30.9. The molecule has 8 nitrogen and oxygen atoms in total. The molecular weight excluding hydrogens is 570 g/mol. The van der Waals surface area contributed by atoms with Gasteiger partial charge < -0.3 is 15.0 Å². The summed E-state index contributed by atoms with van der Waals surface area (Å²) >= 11 is 0. The summed E-state index contributed by atoms with van der Waals surface area (Å²) in [5, 5.41) is 2.37. The molecule has 1 aliphatic rings. The number of nitrogens with one attached hydrogen (secondary N) is 1. The second kappa shape index (κ2) is 10.7. The standard InChI is InChI=1S/C25H24F6N2O6S/c1-4-39-20(35)12-23(24(26,27)28,25(29,30)31)16-5-7-17(8-6-16)32-22(36)21-19-10-9-18(40(3,37)38)11-15(19)13-33(21)14(2)34/h5-11,21H,4,12-13H2,1-3H3,(H,32,36). The molecule has 1 unspecified atom stereocenters. The summed E-state index contributed by atoms with van der Waals surface area (Å²) in [5.41, 5.74) is -5.36. The van der Waals surface area contributed by atoms with Crippen LogP contribution in [-0.2, 0) is 40.9 Å². The van der Waals surface area contributed by atoms with Gasteiger partial charge in [0.15, 0.2) is 15.3 Å². The van der Waals surface area contributed by atoms with Gasteiger partial charge >= 0.3 is 18.3 Å². The molecule has 0 aromatic heterocycles. The van der Waals surface area contributed by atoms with Crippen molar-refractivity contribution in [3.63, 3.8) is 0 Å². The highest BCUT2D eigenvalue weighted by molar-refractivity contribution is 7.90. The lowest BCUT2D eigenvalue weighted by molar-refractivity contribution is -0.305. The summed E-state index contributed by atoms with van der Waals surface area (Å²) in [6, 6.07) is 5.31. The molecule has 2 aromatic rings. The summed E-state index contributed by atoms with van der Waals surface area (Å²) < 4.78 is 112. The Morgan fingerprint density at radius 2 is 1.57 bits per heavy atom. The van der Waals surface area contributed by atoms with Crippen LogP contribution in [-0.4, -0.2) is 56.3 Å². The van der Waals surface area contributed by atoms with Crippen molar-refractivity contribution in [2.24, 2.45) is 0 Å². The zero-order valence-electron chi connectivity index (χ0n) is 21.3. The average Bonchev–Trinajstić information content (AvgIpc) is 3.21. The van der Waals surface area contributed by atoms with E-state index in [1.54, 1.807) is 0 Å². The number of nitrogens with zero attached hydrogens (tertiary/aromatic N) is 1. The van der Waals surface area contributed by atoms with Crippen LogP contribution in [0.5, 0.6) is 0 Å². The summed E-state index contributed by atoms with van der Waals surface area (Å²) in [4.78, 5) is 38.3. The van der Waals surface area contributed by atoms with Gasteiger partial charge in [-0.2, -0.15) is 26.3 Å². The van der Waals surface area contributed by atoms with Gasteiger partial charge in [-0.25, -0.2) is 8.42 Å². The fourth-order valence-corrected chi connectivity index (χ4v) is 5.17. The maximum Gasteiger partial charge on any atom is 0.407 e. The highest BCUT2D eigenvalue weighted by atomic mass is 32.2. The van der Waals surface area contributed by atoms with E-state index in [-0.39, 0.29) is 17.1 Å².